The minimum Gasteiger partial charge on any atom is -0.150 e. The highest BCUT2D eigenvalue weighted by atomic mass is 15.1. The average Bonchev–Trinajstić information content (AvgIpc) is 2.61. The van der Waals surface area contributed by atoms with Crippen LogP contribution in [0.2, 0.25) is 0 Å². The van der Waals surface area contributed by atoms with E-state index >= 15 is 0 Å². The van der Waals surface area contributed by atoms with E-state index in [1.165, 1.54) is 10.8 Å². The highest BCUT2D eigenvalue weighted by molar-refractivity contribution is 5.94. The Morgan fingerprint density at radius 1 is 0.565 bits per heavy atom. The summed E-state index contributed by atoms with van der Waals surface area (Å²) in [5.41, 5.74) is 2.97. The van der Waals surface area contributed by atoms with Crippen molar-refractivity contribution in [3.63, 3.8) is 0 Å². The van der Waals surface area contributed by atoms with Gasteiger partial charge in [0.05, 0.1) is 11.4 Å². The zero-order chi connectivity index (χ0) is 15.6. The summed E-state index contributed by atoms with van der Waals surface area (Å²) in [5.74, 6) is 0. The second-order valence-electron chi connectivity index (χ2n) is 5.65. The third-order valence-corrected chi connectivity index (χ3v) is 4.13. The summed E-state index contributed by atoms with van der Waals surface area (Å²) < 4.78 is 0. The summed E-state index contributed by atoms with van der Waals surface area (Å²) in [7, 11) is 0. The molecule has 2 heteroatoms. The Morgan fingerprint density at radius 2 is 1.22 bits per heavy atom. The molecule has 23 heavy (non-hydrogen) atoms. The maximum atomic E-state index is 4.58. The molecule has 0 atom stereocenters. The van der Waals surface area contributed by atoms with Gasteiger partial charge in [0.25, 0.3) is 0 Å². The molecule has 0 aliphatic rings. The Kier molecular flexibility index (Phi) is 3.35. The molecule has 0 saturated carbocycles. The number of aryl methyl sites for hydroxylation is 1. The molecule has 0 heterocycles. The number of rotatable bonds is 2. The highest BCUT2D eigenvalue weighted by Crippen LogP contribution is 2.32. The quantitative estimate of drug-likeness (QED) is 0.367. The molecule has 0 unspecified atom stereocenters. The predicted molar refractivity (Wildman–Crippen MR) is 96.8 cm³/mol. The van der Waals surface area contributed by atoms with Gasteiger partial charge in [-0.15, -0.1) is 10.2 Å². The number of azo groups is 1. The number of hydrogen-bond donors (Lipinski definition) is 0. The molecule has 0 bridgehead atoms. The van der Waals surface area contributed by atoms with Crippen molar-refractivity contribution >= 4 is 32.9 Å². The van der Waals surface area contributed by atoms with Gasteiger partial charge in [-0.3, -0.25) is 0 Å². The number of benzene rings is 4. The van der Waals surface area contributed by atoms with Crippen molar-refractivity contribution in [3.05, 3.63) is 84.4 Å². The molecule has 0 aliphatic heterocycles. The van der Waals surface area contributed by atoms with Crippen molar-refractivity contribution in [2.45, 2.75) is 6.92 Å². The number of hydrogen-bond acceptors (Lipinski definition) is 2. The molecule has 110 valence electrons. The van der Waals surface area contributed by atoms with Crippen LogP contribution in [0.3, 0.4) is 0 Å². The topological polar surface area (TPSA) is 24.7 Å². The first-order valence-electron chi connectivity index (χ1n) is 7.71. The van der Waals surface area contributed by atoms with Gasteiger partial charge in [0.15, 0.2) is 0 Å². The van der Waals surface area contributed by atoms with E-state index < -0.39 is 0 Å². The molecule has 4 aromatic rings. The lowest BCUT2D eigenvalue weighted by Gasteiger charge is -2.05. The molecular formula is C21H16N2. The van der Waals surface area contributed by atoms with Gasteiger partial charge in [-0.25, -0.2) is 0 Å². The van der Waals surface area contributed by atoms with Crippen LogP contribution >= 0.6 is 0 Å². The second-order valence-corrected chi connectivity index (χ2v) is 5.65. The third kappa shape index (κ3) is 2.49. The van der Waals surface area contributed by atoms with Crippen molar-refractivity contribution in [1.29, 1.82) is 0 Å². The van der Waals surface area contributed by atoms with E-state index in [4.69, 9.17) is 0 Å². The minimum absolute atomic E-state index is 0.899. The van der Waals surface area contributed by atoms with Gasteiger partial charge in [0.2, 0.25) is 0 Å². The third-order valence-electron chi connectivity index (χ3n) is 4.13. The molecule has 2 nitrogen and oxygen atoms in total. The number of nitrogens with zero attached hydrogens (tertiary/aromatic N) is 2. The van der Waals surface area contributed by atoms with Crippen LogP contribution in [0, 0.1) is 6.92 Å². The average molecular weight is 296 g/mol. The fourth-order valence-electron chi connectivity index (χ4n) is 2.90. The van der Waals surface area contributed by atoms with E-state index in [0.29, 0.717) is 0 Å². The fraction of sp³-hybridized carbons (Fsp3) is 0.0476. The summed E-state index contributed by atoms with van der Waals surface area (Å²) in [6.45, 7) is 2.07. The number of fused-ring (bicyclic) bond motifs is 2. The minimum atomic E-state index is 0.899. The van der Waals surface area contributed by atoms with Crippen molar-refractivity contribution < 1.29 is 0 Å². The molecule has 0 aliphatic carbocycles. The standard InChI is InChI=1S/C21H16N2/c1-15-13-14-17-8-3-5-11-19(17)21(15)23-22-20-12-6-9-16-7-2-4-10-18(16)20/h2-14H,1H3. The lowest BCUT2D eigenvalue weighted by Crippen LogP contribution is -1.78. The van der Waals surface area contributed by atoms with Gasteiger partial charge in [-0.05, 0) is 29.3 Å². The van der Waals surface area contributed by atoms with E-state index in [1.807, 2.05) is 36.4 Å². The van der Waals surface area contributed by atoms with E-state index in [0.717, 1.165) is 27.7 Å². The van der Waals surface area contributed by atoms with Gasteiger partial charge in [0.1, 0.15) is 0 Å². The molecular weight excluding hydrogens is 280 g/mol. The van der Waals surface area contributed by atoms with E-state index in [1.54, 1.807) is 0 Å². The lowest BCUT2D eigenvalue weighted by molar-refractivity contribution is 1.23. The van der Waals surface area contributed by atoms with Gasteiger partial charge < -0.3 is 0 Å². The summed E-state index contributed by atoms with van der Waals surface area (Å²) in [5, 5.41) is 13.7. The Bertz CT molecular complexity index is 1030. The van der Waals surface area contributed by atoms with Crippen LogP contribution in [-0.4, -0.2) is 0 Å². The van der Waals surface area contributed by atoms with Crippen LogP contribution < -0.4 is 0 Å². The molecule has 0 saturated heterocycles. The second kappa shape index (κ2) is 5.65. The summed E-state index contributed by atoms with van der Waals surface area (Å²) in [4.78, 5) is 0. The monoisotopic (exact) mass is 296 g/mol. The lowest BCUT2D eigenvalue weighted by atomic mass is 10.1. The zero-order valence-electron chi connectivity index (χ0n) is 12.9. The Morgan fingerprint density at radius 3 is 2.04 bits per heavy atom. The van der Waals surface area contributed by atoms with Crippen molar-refractivity contribution in [2.24, 2.45) is 10.2 Å². The predicted octanol–water partition coefficient (Wildman–Crippen LogP) is 6.72. The van der Waals surface area contributed by atoms with E-state index in [-0.39, 0.29) is 0 Å². The Balaban J connectivity index is 1.87. The normalized spacial score (nSPS) is 11.5. The Labute approximate surface area is 135 Å². The molecule has 0 spiro atoms. The van der Waals surface area contributed by atoms with Crippen LogP contribution in [0.25, 0.3) is 21.5 Å². The maximum absolute atomic E-state index is 4.58. The van der Waals surface area contributed by atoms with Crippen LogP contribution in [0.5, 0.6) is 0 Å². The first kappa shape index (κ1) is 13.6. The summed E-state index contributed by atoms with van der Waals surface area (Å²) in [6.07, 6.45) is 0. The summed E-state index contributed by atoms with van der Waals surface area (Å²) >= 11 is 0. The Hall–Kier alpha value is -3.00. The van der Waals surface area contributed by atoms with Crippen molar-refractivity contribution in [1.82, 2.24) is 0 Å². The molecule has 0 radical (unpaired) electrons. The van der Waals surface area contributed by atoms with Crippen LogP contribution in [-0.2, 0) is 0 Å². The molecule has 4 aromatic carbocycles. The van der Waals surface area contributed by atoms with Crippen LogP contribution in [0.4, 0.5) is 11.4 Å². The van der Waals surface area contributed by atoms with E-state index in [9.17, 15) is 0 Å². The van der Waals surface area contributed by atoms with Crippen molar-refractivity contribution in [3.8, 4) is 0 Å². The molecule has 0 aromatic heterocycles. The first-order valence-corrected chi connectivity index (χ1v) is 7.71. The molecule has 0 amide bonds. The van der Waals surface area contributed by atoms with Gasteiger partial charge >= 0.3 is 0 Å². The highest BCUT2D eigenvalue weighted by Gasteiger charge is 2.04. The smallest absolute Gasteiger partial charge is 0.0964 e. The van der Waals surface area contributed by atoms with Crippen LogP contribution in [0.1, 0.15) is 5.56 Å². The molecule has 0 N–H and O–H groups in total. The van der Waals surface area contributed by atoms with Crippen molar-refractivity contribution in [2.75, 3.05) is 0 Å². The van der Waals surface area contributed by atoms with Gasteiger partial charge in [0, 0.05) is 10.8 Å². The maximum Gasteiger partial charge on any atom is 0.0964 e. The molecule has 4 rings (SSSR count). The SMILES string of the molecule is Cc1ccc2ccccc2c1N=Nc1cccc2ccccc12. The zero-order valence-corrected chi connectivity index (χ0v) is 12.9. The van der Waals surface area contributed by atoms with Gasteiger partial charge in [-0.1, -0.05) is 72.8 Å². The van der Waals surface area contributed by atoms with E-state index in [2.05, 4.69) is 59.6 Å². The summed E-state index contributed by atoms with van der Waals surface area (Å²) in [6, 6.07) is 26.9. The largest absolute Gasteiger partial charge is 0.150 e. The first-order chi connectivity index (χ1) is 11.3. The molecule has 0 fully saturated rings. The van der Waals surface area contributed by atoms with Crippen LogP contribution in [0.15, 0.2) is 89.1 Å². The van der Waals surface area contributed by atoms with Gasteiger partial charge in [-0.2, -0.15) is 0 Å². The fourth-order valence-corrected chi connectivity index (χ4v) is 2.90.